The quantitative estimate of drug-likeness (QED) is 0.760. The number of nitrogens with one attached hydrogen (secondary N) is 1. The molecule has 0 aliphatic heterocycles. The van der Waals surface area contributed by atoms with Crippen molar-refractivity contribution in [2.45, 2.75) is 58.7 Å². The topological polar surface area (TPSA) is 69.0 Å². The van der Waals surface area contributed by atoms with Crippen LogP contribution in [-0.2, 0) is 9.53 Å². The van der Waals surface area contributed by atoms with Crippen LogP contribution in [0.1, 0.15) is 47.1 Å². The summed E-state index contributed by atoms with van der Waals surface area (Å²) in [5, 5.41) is 7.41. The summed E-state index contributed by atoms with van der Waals surface area (Å²) in [5.41, 5.74) is -0.727. The first-order valence-corrected chi connectivity index (χ1v) is 6.68. The lowest BCUT2D eigenvalue weighted by Gasteiger charge is -2.32. The molecule has 1 aromatic heterocycles. The van der Waals surface area contributed by atoms with Crippen molar-refractivity contribution >= 4 is 5.97 Å². The van der Waals surface area contributed by atoms with E-state index in [0.717, 1.165) is 0 Å². The number of rotatable bonds is 7. The van der Waals surface area contributed by atoms with Crippen LogP contribution in [0.4, 0.5) is 0 Å². The van der Waals surface area contributed by atoms with E-state index in [4.69, 9.17) is 4.74 Å². The lowest BCUT2D eigenvalue weighted by Crippen LogP contribution is -2.54. The summed E-state index contributed by atoms with van der Waals surface area (Å²) in [6.45, 7) is 10.1. The summed E-state index contributed by atoms with van der Waals surface area (Å²) in [4.78, 5) is 16.1. The van der Waals surface area contributed by atoms with E-state index >= 15 is 0 Å². The van der Waals surface area contributed by atoms with Crippen LogP contribution in [0.15, 0.2) is 12.7 Å². The van der Waals surface area contributed by atoms with Crippen LogP contribution in [-0.4, -0.2) is 38.9 Å². The van der Waals surface area contributed by atoms with Crippen LogP contribution in [0, 0.1) is 0 Å². The van der Waals surface area contributed by atoms with Crippen molar-refractivity contribution in [3.63, 3.8) is 0 Å². The van der Waals surface area contributed by atoms with Gasteiger partial charge in [0.2, 0.25) is 0 Å². The summed E-state index contributed by atoms with van der Waals surface area (Å²) in [6, 6.07) is 0.250. The Morgan fingerprint density at radius 2 is 2.16 bits per heavy atom. The van der Waals surface area contributed by atoms with Crippen molar-refractivity contribution in [2.75, 3.05) is 6.61 Å². The molecule has 108 valence electrons. The van der Waals surface area contributed by atoms with Crippen molar-refractivity contribution in [1.29, 1.82) is 0 Å². The van der Waals surface area contributed by atoms with Gasteiger partial charge in [0.25, 0.3) is 0 Å². The van der Waals surface area contributed by atoms with Gasteiger partial charge in [0, 0.05) is 6.04 Å². The molecule has 1 heterocycles. The van der Waals surface area contributed by atoms with Crippen LogP contribution in [0.3, 0.4) is 0 Å². The van der Waals surface area contributed by atoms with Crippen LogP contribution in [0.2, 0.25) is 0 Å². The molecule has 6 nitrogen and oxygen atoms in total. The van der Waals surface area contributed by atoms with Crippen molar-refractivity contribution in [1.82, 2.24) is 20.1 Å². The molecular weight excluding hydrogens is 244 g/mol. The second-order valence-electron chi connectivity index (χ2n) is 5.28. The number of hydrogen-bond acceptors (Lipinski definition) is 5. The Morgan fingerprint density at radius 1 is 1.47 bits per heavy atom. The maximum Gasteiger partial charge on any atom is 0.326 e. The van der Waals surface area contributed by atoms with Crippen molar-refractivity contribution in [3.05, 3.63) is 12.7 Å². The molecule has 0 aliphatic carbocycles. The smallest absolute Gasteiger partial charge is 0.326 e. The van der Waals surface area contributed by atoms with E-state index in [1.807, 2.05) is 34.6 Å². The van der Waals surface area contributed by atoms with Gasteiger partial charge >= 0.3 is 5.97 Å². The monoisotopic (exact) mass is 268 g/mol. The number of carbonyl (C=O) groups excluding carboxylic acids is 1. The lowest BCUT2D eigenvalue weighted by atomic mass is 9.92. The zero-order valence-corrected chi connectivity index (χ0v) is 12.4. The Labute approximate surface area is 114 Å². The molecule has 0 bridgehead atoms. The van der Waals surface area contributed by atoms with Gasteiger partial charge in [-0.1, -0.05) is 0 Å². The first kappa shape index (κ1) is 15.6. The molecule has 1 aromatic rings. The number of esters is 1. The first-order valence-electron chi connectivity index (χ1n) is 6.68. The maximum absolute atomic E-state index is 12.2. The van der Waals surface area contributed by atoms with E-state index < -0.39 is 5.54 Å². The van der Waals surface area contributed by atoms with E-state index in [0.29, 0.717) is 13.0 Å². The number of carbonyl (C=O) groups is 1. The fourth-order valence-electron chi connectivity index (χ4n) is 2.26. The average molecular weight is 268 g/mol. The molecule has 0 radical (unpaired) electrons. The van der Waals surface area contributed by atoms with Gasteiger partial charge in [-0.3, -0.25) is 14.8 Å². The molecule has 1 rings (SSSR count). The van der Waals surface area contributed by atoms with Crippen molar-refractivity contribution in [3.8, 4) is 0 Å². The molecule has 0 fully saturated rings. The van der Waals surface area contributed by atoms with Crippen molar-refractivity contribution in [2.24, 2.45) is 0 Å². The summed E-state index contributed by atoms with van der Waals surface area (Å²) in [6.07, 6.45) is 3.74. The molecule has 0 aromatic carbocycles. The Balaban J connectivity index is 2.81. The zero-order valence-electron chi connectivity index (χ0n) is 12.4. The number of hydrogen-bond donors (Lipinski definition) is 1. The van der Waals surface area contributed by atoms with Gasteiger partial charge in [0.05, 0.1) is 12.6 Å². The van der Waals surface area contributed by atoms with Crippen molar-refractivity contribution < 1.29 is 9.53 Å². The number of aromatic nitrogens is 3. The summed E-state index contributed by atoms with van der Waals surface area (Å²) in [7, 11) is 0. The van der Waals surface area contributed by atoms with Gasteiger partial charge in [0.1, 0.15) is 18.2 Å². The largest absolute Gasteiger partial charge is 0.465 e. The van der Waals surface area contributed by atoms with E-state index in [-0.39, 0.29) is 18.1 Å². The SMILES string of the molecule is CCOC(=O)C(C)(CC(C)n1cncn1)NC(C)C. The molecule has 2 atom stereocenters. The zero-order chi connectivity index (χ0) is 14.5. The third-order valence-electron chi connectivity index (χ3n) is 2.93. The minimum absolute atomic E-state index is 0.0585. The summed E-state index contributed by atoms with van der Waals surface area (Å²) in [5.74, 6) is -0.226. The number of nitrogens with zero attached hydrogens (tertiary/aromatic N) is 3. The van der Waals surface area contributed by atoms with Gasteiger partial charge in [0.15, 0.2) is 0 Å². The van der Waals surface area contributed by atoms with Crippen LogP contribution >= 0.6 is 0 Å². The average Bonchev–Trinajstić information content (AvgIpc) is 2.81. The lowest BCUT2D eigenvalue weighted by molar-refractivity contribution is -0.151. The molecule has 6 heteroatoms. The summed E-state index contributed by atoms with van der Waals surface area (Å²) < 4.78 is 6.93. The van der Waals surface area contributed by atoms with Crippen LogP contribution < -0.4 is 5.32 Å². The van der Waals surface area contributed by atoms with Gasteiger partial charge in [-0.2, -0.15) is 5.10 Å². The number of ether oxygens (including phenoxy) is 1. The Kier molecular flexibility index (Phi) is 5.47. The third kappa shape index (κ3) is 4.31. The van der Waals surface area contributed by atoms with E-state index in [9.17, 15) is 4.79 Å². The highest BCUT2D eigenvalue weighted by molar-refractivity contribution is 5.80. The van der Waals surface area contributed by atoms with Crippen LogP contribution in [0.5, 0.6) is 0 Å². The van der Waals surface area contributed by atoms with E-state index in [2.05, 4.69) is 15.4 Å². The molecule has 0 saturated carbocycles. The Morgan fingerprint density at radius 3 is 2.63 bits per heavy atom. The fourth-order valence-corrected chi connectivity index (χ4v) is 2.26. The molecule has 0 aliphatic rings. The Hall–Kier alpha value is -1.43. The molecule has 19 heavy (non-hydrogen) atoms. The van der Waals surface area contributed by atoms with Crippen LogP contribution in [0.25, 0.3) is 0 Å². The third-order valence-corrected chi connectivity index (χ3v) is 2.93. The maximum atomic E-state index is 12.2. The molecule has 0 amide bonds. The molecule has 0 spiro atoms. The molecule has 0 saturated heterocycles. The normalized spacial score (nSPS) is 16.1. The second kappa shape index (κ2) is 6.65. The Bertz CT molecular complexity index is 391. The minimum Gasteiger partial charge on any atom is -0.465 e. The highest BCUT2D eigenvalue weighted by Crippen LogP contribution is 2.22. The van der Waals surface area contributed by atoms with E-state index in [1.165, 1.54) is 6.33 Å². The predicted molar refractivity (Wildman–Crippen MR) is 72.7 cm³/mol. The predicted octanol–water partition coefficient (Wildman–Crippen LogP) is 1.55. The van der Waals surface area contributed by atoms with Gasteiger partial charge in [-0.15, -0.1) is 0 Å². The van der Waals surface area contributed by atoms with E-state index in [1.54, 1.807) is 11.0 Å². The van der Waals surface area contributed by atoms with Gasteiger partial charge in [-0.25, -0.2) is 4.98 Å². The minimum atomic E-state index is -0.727. The molecule has 1 N–H and O–H groups in total. The highest BCUT2D eigenvalue weighted by Gasteiger charge is 2.37. The van der Waals surface area contributed by atoms with Gasteiger partial charge in [-0.05, 0) is 41.0 Å². The van der Waals surface area contributed by atoms with Gasteiger partial charge < -0.3 is 4.74 Å². The molecular formula is C13H24N4O2. The fraction of sp³-hybridized carbons (Fsp3) is 0.769. The highest BCUT2D eigenvalue weighted by atomic mass is 16.5. The summed E-state index contributed by atoms with van der Waals surface area (Å²) >= 11 is 0. The standard InChI is InChI=1S/C13H24N4O2/c1-6-19-12(18)13(5,16-10(2)3)7-11(4)17-9-14-8-15-17/h8-11,16H,6-7H2,1-5H3. The second-order valence-corrected chi connectivity index (χ2v) is 5.28. The molecule has 2 unspecified atom stereocenters. The first-order chi connectivity index (χ1) is 8.89.